The topological polar surface area (TPSA) is 74.8 Å². The van der Waals surface area contributed by atoms with Crippen LogP contribution in [0.5, 0.6) is 0 Å². The Morgan fingerprint density at radius 3 is 2.46 bits per heavy atom. The number of aromatic nitrogens is 3. The molecule has 0 bridgehead atoms. The van der Waals surface area contributed by atoms with Crippen molar-refractivity contribution in [1.29, 1.82) is 5.26 Å². The highest BCUT2D eigenvalue weighted by molar-refractivity contribution is 7.99. The lowest BCUT2D eigenvalue weighted by molar-refractivity contribution is -0.116. The van der Waals surface area contributed by atoms with Gasteiger partial charge in [-0.1, -0.05) is 48.2 Å². The van der Waals surface area contributed by atoms with Gasteiger partial charge in [-0.15, -0.1) is 5.10 Å². The quantitative estimate of drug-likeness (QED) is 0.454. The smallest absolute Gasteiger partial charge is 0.238 e. The van der Waals surface area contributed by atoms with Crippen LogP contribution in [0.1, 0.15) is 24.6 Å². The number of rotatable bonds is 7. The van der Waals surface area contributed by atoms with Gasteiger partial charge < -0.3 is 0 Å². The normalized spacial score (nSPS) is 13.1. The highest BCUT2D eigenvalue weighted by atomic mass is 32.2. The average Bonchev–Trinajstić information content (AvgIpc) is 3.50. The van der Waals surface area contributed by atoms with E-state index in [4.69, 9.17) is 5.26 Å². The third-order valence-electron chi connectivity index (χ3n) is 4.48. The molecule has 0 radical (unpaired) electrons. The van der Waals surface area contributed by atoms with E-state index < -0.39 is 0 Å². The van der Waals surface area contributed by atoms with Crippen molar-refractivity contribution in [2.75, 3.05) is 17.2 Å². The van der Waals surface area contributed by atoms with Crippen LogP contribution in [0, 0.1) is 11.3 Å². The number of anilines is 1. The number of hydrogen-bond donors (Lipinski definition) is 0. The van der Waals surface area contributed by atoms with Crippen molar-refractivity contribution < 1.29 is 4.79 Å². The van der Waals surface area contributed by atoms with E-state index in [1.807, 2.05) is 65.3 Å². The first-order chi connectivity index (χ1) is 13.8. The molecular weight excluding hydrogens is 370 g/mol. The number of thioether (sulfide) groups is 1. The number of carbonyl (C=O) groups excluding carboxylic acids is 1. The van der Waals surface area contributed by atoms with Crippen molar-refractivity contribution in [1.82, 2.24) is 14.8 Å². The predicted octanol–water partition coefficient (Wildman–Crippen LogP) is 3.79. The number of hydrogen-bond acceptors (Lipinski definition) is 5. The number of benzene rings is 2. The third kappa shape index (κ3) is 4.07. The summed E-state index contributed by atoms with van der Waals surface area (Å²) < 4.78 is 1.88. The largest absolute Gasteiger partial charge is 0.298 e. The Balaban J connectivity index is 1.50. The Morgan fingerprint density at radius 2 is 1.82 bits per heavy atom. The van der Waals surface area contributed by atoms with E-state index in [0.717, 1.165) is 30.0 Å². The van der Waals surface area contributed by atoms with Gasteiger partial charge in [0, 0.05) is 11.6 Å². The number of para-hydroxylation sites is 2. The Hall–Kier alpha value is -3.11. The van der Waals surface area contributed by atoms with Crippen LogP contribution in [0.3, 0.4) is 0 Å². The number of carbonyl (C=O) groups is 1. The summed E-state index contributed by atoms with van der Waals surface area (Å²) in [6, 6.07) is 21.2. The first-order valence-electron chi connectivity index (χ1n) is 9.14. The maximum absolute atomic E-state index is 12.7. The molecule has 28 heavy (non-hydrogen) atoms. The maximum atomic E-state index is 12.7. The molecule has 2 aromatic carbocycles. The van der Waals surface area contributed by atoms with Gasteiger partial charge in [0.05, 0.1) is 17.5 Å². The molecule has 1 heterocycles. The number of nitrogens with zero attached hydrogens (tertiary/aromatic N) is 5. The summed E-state index contributed by atoms with van der Waals surface area (Å²) in [6.45, 7) is 0.0165. The molecule has 1 aromatic heterocycles. The summed E-state index contributed by atoms with van der Waals surface area (Å²) in [5, 5.41) is 14.3. The molecule has 0 N–H and O–H groups in total. The van der Waals surface area contributed by atoms with Gasteiger partial charge in [0.25, 0.3) is 0 Å². The second-order valence-electron chi connectivity index (χ2n) is 6.54. The molecule has 4 rings (SSSR count). The van der Waals surface area contributed by atoms with E-state index in [-0.39, 0.29) is 18.2 Å². The summed E-state index contributed by atoms with van der Waals surface area (Å²) in [7, 11) is 0. The van der Waals surface area contributed by atoms with Gasteiger partial charge in [-0.25, -0.2) is 9.67 Å². The summed E-state index contributed by atoms with van der Waals surface area (Å²) in [5.41, 5.74) is 1.70. The lowest BCUT2D eigenvalue weighted by atomic mass is 10.3. The van der Waals surface area contributed by atoms with Gasteiger partial charge in [0.1, 0.15) is 12.4 Å². The van der Waals surface area contributed by atoms with Crippen molar-refractivity contribution in [2.24, 2.45) is 0 Å². The number of nitriles is 1. The highest BCUT2D eigenvalue weighted by Crippen LogP contribution is 2.40. The molecule has 3 aromatic rings. The highest BCUT2D eigenvalue weighted by Gasteiger charge is 2.30. The van der Waals surface area contributed by atoms with E-state index in [2.05, 4.69) is 16.2 Å². The maximum Gasteiger partial charge on any atom is 0.238 e. The van der Waals surface area contributed by atoms with Crippen molar-refractivity contribution in [3.05, 3.63) is 66.5 Å². The molecule has 7 heteroatoms. The van der Waals surface area contributed by atoms with Crippen molar-refractivity contribution >= 4 is 23.4 Å². The minimum absolute atomic E-state index is 0.0165. The lowest BCUT2D eigenvalue weighted by Gasteiger charge is -2.19. The Morgan fingerprint density at radius 1 is 1.14 bits per heavy atom. The van der Waals surface area contributed by atoms with Crippen LogP contribution in [0.2, 0.25) is 0 Å². The van der Waals surface area contributed by atoms with Crippen LogP contribution >= 0.6 is 11.8 Å². The van der Waals surface area contributed by atoms with Gasteiger partial charge in [-0.3, -0.25) is 9.69 Å². The van der Waals surface area contributed by atoms with E-state index in [0.29, 0.717) is 11.1 Å². The second-order valence-corrected chi connectivity index (χ2v) is 7.48. The average molecular weight is 389 g/mol. The Labute approximate surface area is 167 Å². The molecule has 0 spiro atoms. The molecule has 6 nitrogen and oxygen atoms in total. The summed E-state index contributed by atoms with van der Waals surface area (Å²) in [5.74, 6) is 1.44. The minimum Gasteiger partial charge on any atom is -0.298 e. The molecule has 1 fully saturated rings. The Kier molecular flexibility index (Phi) is 5.40. The van der Waals surface area contributed by atoms with Crippen molar-refractivity contribution in [3.8, 4) is 11.8 Å². The fraction of sp³-hybridized carbons (Fsp3) is 0.238. The third-order valence-corrected chi connectivity index (χ3v) is 5.30. The molecule has 1 aliphatic carbocycles. The molecular formula is C21H19N5OS. The summed E-state index contributed by atoms with van der Waals surface area (Å²) >= 11 is 1.31. The zero-order chi connectivity index (χ0) is 19.3. The zero-order valence-electron chi connectivity index (χ0n) is 15.2. The summed E-state index contributed by atoms with van der Waals surface area (Å²) in [4.78, 5) is 18.9. The van der Waals surface area contributed by atoms with Gasteiger partial charge >= 0.3 is 0 Å². The fourth-order valence-electron chi connectivity index (χ4n) is 2.94. The van der Waals surface area contributed by atoms with Gasteiger partial charge in [0.2, 0.25) is 11.1 Å². The van der Waals surface area contributed by atoms with Gasteiger partial charge in [-0.05, 0) is 37.1 Å². The minimum atomic E-state index is -0.137. The SMILES string of the molecule is N#CCN(C(=O)CSc1nc(C2CC2)n(-c2ccccc2)n1)c1ccccc1. The second kappa shape index (κ2) is 8.28. The first-order valence-corrected chi connectivity index (χ1v) is 10.1. The first kappa shape index (κ1) is 18.3. The molecule has 1 aliphatic rings. The van der Waals surface area contributed by atoms with Gasteiger partial charge in [-0.2, -0.15) is 5.26 Å². The van der Waals surface area contributed by atoms with Crippen LogP contribution in [0.25, 0.3) is 5.69 Å². The van der Waals surface area contributed by atoms with Crippen LogP contribution in [0.4, 0.5) is 5.69 Å². The monoisotopic (exact) mass is 389 g/mol. The van der Waals surface area contributed by atoms with Crippen LogP contribution in [0.15, 0.2) is 65.8 Å². The van der Waals surface area contributed by atoms with Crippen molar-refractivity contribution in [2.45, 2.75) is 23.9 Å². The summed E-state index contributed by atoms with van der Waals surface area (Å²) in [6.07, 6.45) is 2.25. The molecule has 0 unspecified atom stereocenters. The van der Waals surface area contributed by atoms with E-state index in [9.17, 15) is 4.79 Å². The lowest BCUT2D eigenvalue weighted by Crippen LogP contribution is -2.32. The standard InChI is InChI=1S/C21H19N5OS/c22-13-14-25(17-7-3-1-4-8-17)19(27)15-28-21-23-20(16-11-12-16)26(24-21)18-9-5-2-6-10-18/h1-10,16H,11-12,14-15H2. The fourth-order valence-corrected chi connectivity index (χ4v) is 3.64. The van der Waals surface area contributed by atoms with Gasteiger partial charge in [0.15, 0.2) is 0 Å². The van der Waals surface area contributed by atoms with Crippen LogP contribution < -0.4 is 4.90 Å². The predicted molar refractivity (Wildman–Crippen MR) is 108 cm³/mol. The molecule has 0 aliphatic heterocycles. The molecule has 0 atom stereocenters. The number of amides is 1. The van der Waals surface area contributed by atoms with Crippen molar-refractivity contribution in [3.63, 3.8) is 0 Å². The van der Waals surface area contributed by atoms with Crippen LogP contribution in [-0.4, -0.2) is 33.0 Å². The molecule has 140 valence electrons. The van der Waals surface area contributed by atoms with E-state index in [1.54, 1.807) is 0 Å². The molecule has 0 saturated heterocycles. The zero-order valence-corrected chi connectivity index (χ0v) is 16.0. The van der Waals surface area contributed by atoms with E-state index >= 15 is 0 Å². The Bertz CT molecular complexity index is 993. The van der Waals surface area contributed by atoms with E-state index in [1.165, 1.54) is 16.7 Å². The molecule has 1 saturated carbocycles. The van der Waals surface area contributed by atoms with Crippen LogP contribution in [-0.2, 0) is 4.79 Å². The molecule has 1 amide bonds.